The zero-order valence-corrected chi connectivity index (χ0v) is 12.0. The minimum atomic E-state index is -0.655. The topological polar surface area (TPSA) is 55.5 Å². The van der Waals surface area contributed by atoms with Gasteiger partial charge in [0, 0.05) is 11.6 Å². The normalized spacial score (nSPS) is 20.0. The van der Waals surface area contributed by atoms with Crippen molar-refractivity contribution in [2.24, 2.45) is 5.73 Å². The van der Waals surface area contributed by atoms with Crippen molar-refractivity contribution in [1.29, 1.82) is 0 Å². The van der Waals surface area contributed by atoms with Crippen molar-refractivity contribution in [2.75, 3.05) is 6.61 Å². The first-order valence-corrected chi connectivity index (χ1v) is 7.21. The fourth-order valence-corrected chi connectivity index (χ4v) is 2.72. The first-order valence-electron chi connectivity index (χ1n) is 7.21. The summed E-state index contributed by atoms with van der Waals surface area (Å²) >= 11 is 0. The second-order valence-electron chi connectivity index (χ2n) is 5.90. The van der Waals surface area contributed by atoms with Gasteiger partial charge >= 0.3 is 0 Å². The van der Waals surface area contributed by atoms with Gasteiger partial charge in [-0.2, -0.15) is 0 Å². The SMILES string of the molecule is Cc1ccc(OCC2(O)CCCCC2)c([C@@H](C)N)c1. The summed E-state index contributed by atoms with van der Waals surface area (Å²) in [7, 11) is 0. The second-order valence-corrected chi connectivity index (χ2v) is 5.90. The molecule has 0 aliphatic heterocycles. The van der Waals surface area contributed by atoms with Crippen molar-refractivity contribution in [3.8, 4) is 5.75 Å². The fraction of sp³-hybridized carbons (Fsp3) is 0.625. The Morgan fingerprint density at radius 2 is 2.00 bits per heavy atom. The van der Waals surface area contributed by atoms with E-state index in [0.717, 1.165) is 37.0 Å². The van der Waals surface area contributed by atoms with Crippen molar-refractivity contribution in [3.63, 3.8) is 0 Å². The molecule has 1 saturated carbocycles. The van der Waals surface area contributed by atoms with Crippen LogP contribution in [0, 0.1) is 6.92 Å². The molecule has 0 amide bonds. The van der Waals surface area contributed by atoms with Crippen LogP contribution in [-0.4, -0.2) is 17.3 Å². The lowest BCUT2D eigenvalue weighted by Crippen LogP contribution is -2.38. The Morgan fingerprint density at radius 1 is 1.32 bits per heavy atom. The van der Waals surface area contributed by atoms with Gasteiger partial charge in [-0.25, -0.2) is 0 Å². The third-order valence-corrected chi connectivity index (χ3v) is 3.94. The van der Waals surface area contributed by atoms with Crippen molar-refractivity contribution in [3.05, 3.63) is 29.3 Å². The van der Waals surface area contributed by atoms with E-state index in [1.54, 1.807) is 0 Å². The van der Waals surface area contributed by atoms with Gasteiger partial charge < -0.3 is 15.6 Å². The maximum atomic E-state index is 10.5. The van der Waals surface area contributed by atoms with E-state index < -0.39 is 5.60 Å². The third-order valence-electron chi connectivity index (χ3n) is 3.94. The predicted octanol–water partition coefficient (Wildman–Crippen LogP) is 3.09. The molecule has 0 bridgehead atoms. The molecule has 0 unspecified atom stereocenters. The second kappa shape index (κ2) is 5.93. The zero-order chi connectivity index (χ0) is 13.9. The van der Waals surface area contributed by atoms with Crippen molar-refractivity contribution in [2.45, 2.75) is 57.6 Å². The summed E-state index contributed by atoms with van der Waals surface area (Å²) in [6.07, 6.45) is 5.08. The van der Waals surface area contributed by atoms with Gasteiger partial charge in [0.2, 0.25) is 0 Å². The molecule has 1 atom stereocenters. The molecule has 0 spiro atoms. The van der Waals surface area contributed by atoms with Gasteiger partial charge in [-0.05, 0) is 32.8 Å². The minimum Gasteiger partial charge on any atom is -0.490 e. The molecule has 1 aliphatic carbocycles. The zero-order valence-electron chi connectivity index (χ0n) is 12.0. The molecular weight excluding hydrogens is 238 g/mol. The highest BCUT2D eigenvalue weighted by Gasteiger charge is 2.30. The Morgan fingerprint density at radius 3 is 2.63 bits per heavy atom. The van der Waals surface area contributed by atoms with E-state index in [1.165, 1.54) is 12.0 Å². The third kappa shape index (κ3) is 3.71. The number of benzene rings is 1. The smallest absolute Gasteiger partial charge is 0.124 e. The Bertz CT molecular complexity index is 423. The maximum Gasteiger partial charge on any atom is 0.124 e. The number of nitrogens with two attached hydrogens (primary N) is 1. The molecule has 1 fully saturated rings. The first-order chi connectivity index (χ1) is 9.00. The largest absolute Gasteiger partial charge is 0.490 e. The van der Waals surface area contributed by atoms with Crippen LogP contribution in [0.15, 0.2) is 18.2 Å². The first kappa shape index (κ1) is 14.4. The highest BCUT2D eigenvalue weighted by atomic mass is 16.5. The molecule has 106 valence electrons. The molecule has 0 heterocycles. The number of rotatable bonds is 4. The minimum absolute atomic E-state index is 0.0594. The van der Waals surface area contributed by atoms with Gasteiger partial charge in [0.25, 0.3) is 0 Å². The van der Waals surface area contributed by atoms with Crippen LogP contribution in [0.5, 0.6) is 5.75 Å². The van der Waals surface area contributed by atoms with Crippen molar-refractivity contribution in [1.82, 2.24) is 0 Å². The molecule has 0 radical (unpaired) electrons. The lowest BCUT2D eigenvalue weighted by Gasteiger charge is -2.32. The van der Waals surface area contributed by atoms with Crippen LogP contribution in [-0.2, 0) is 0 Å². The molecule has 3 nitrogen and oxygen atoms in total. The molecule has 3 N–H and O–H groups in total. The summed E-state index contributed by atoms with van der Waals surface area (Å²) in [5, 5.41) is 10.5. The predicted molar refractivity (Wildman–Crippen MR) is 77.3 cm³/mol. The fourth-order valence-electron chi connectivity index (χ4n) is 2.72. The lowest BCUT2D eigenvalue weighted by atomic mass is 9.85. The highest BCUT2D eigenvalue weighted by molar-refractivity contribution is 5.38. The molecule has 1 aliphatic rings. The van der Waals surface area contributed by atoms with E-state index in [2.05, 4.69) is 6.07 Å². The van der Waals surface area contributed by atoms with E-state index in [4.69, 9.17) is 10.5 Å². The van der Waals surface area contributed by atoms with Gasteiger partial charge in [0.05, 0.1) is 5.60 Å². The Hall–Kier alpha value is -1.06. The van der Waals surface area contributed by atoms with Crippen molar-refractivity contribution >= 4 is 0 Å². The van der Waals surface area contributed by atoms with E-state index in [1.807, 2.05) is 26.0 Å². The van der Waals surface area contributed by atoms with Crippen LogP contribution < -0.4 is 10.5 Å². The number of hydrogen-bond donors (Lipinski definition) is 2. The van der Waals surface area contributed by atoms with Crippen LogP contribution in [0.3, 0.4) is 0 Å². The molecule has 1 aromatic carbocycles. The Kier molecular flexibility index (Phi) is 4.48. The van der Waals surface area contributed by atoms with E-state index in [9.17, 15) is 5.11 Å². The van der Waals surface area contributed by atoms with Gasteiger partial charge in [-0.1, -0.05) is 37.0 Å². The highest BCUT2D eigenvalue weighted by Crippen LogP contribution is 2.31. The number of aryl methyl sites for hydroxylation is 1. The Labute approximate surface area is 115 Å². The molecule has 2 rings (SSSR count). The van der Waals surface area contributed by atoms with Gasteiger partial charge in [0.15, 0.2) is 0 Å². The number of hydrogen-bond acceptors (Lipinski definition) is 3. The summed E-state index contributed by atoms with van der Waals surface area (Å²) in [5.74, 6) is 0.805. The average molecular weight is 263 g/mol. The van der Waals surface area contributed by atoms with Crippen LogP contribution in [0.2, 0.25) is 0 Å². The quantitative estimate of drug-likeness (QED) is 0.877. The van der Waals surface area contributed by atoms with E-state index in [-0.39, 0.29) is 6.04 Å². The molecule has 0 saturated heterocycles. The molecule has 3 heteroatoms. The lowest BCUT2D eigenvalue weighted by molar-refractivity contribution is -0.0341. The summed E-state index contributed by atoms with van der Waals surface area (Å²) in [4.78, 5) is 0. The summed E-state index contributed by atoms with van der Waals surface area (Å²) in [6, 6.07) is 5.98. The molecule has 19 heavy (non-hydrogen) atoms. The monoisotopic (exact) mass is 263 g/mol. The van der Waals surface area contributed by atoms with Gasteiger partial charge in [0.1, 0.15) is 12.4 Å². The van der Waals surface area contributed by atoms with Gasteiger partial charge in [-0.15, -0.1) is 0 Å². The average Bonchev–Trinajstić information content (AvgIpc) is 2.38. The van der Waals surface area contributed by atoms with Crippen LogP contribution in [0.4, 0.5) is 0 Å². The van der Waals surface area contributed by atoms with Crippen LogP contribution >= 0.6 is 0 Å². The number of aliphatic hydroxyl groups is 1. The Balaban J connectivity index is 2.06. The number of ether oxygens (including phenoxy) is 1. The molecule has 0 aromatic heterocycles. The summed E-state index contributed by atoms with van der Waals surface area (Å²) in [6.45, 7) is 4.37. The summed E-state index contributed by atoms with van der Waals surface area (Å²) < 4.78 is 5.87. The molecule has 1 aromatic rings. The van der Waals surface area contributed by atoms with E-state index in [0.29, 0.717) is 6.61 Å². The molecular formula is C16H25NO2. The maximum absolute atomic E-state index is 10.5. The van der Waals surface area contributed by atoms with Crippen LogP contribution in [0.25, 0.3) is 0 Å². The summed E-state index contributed by atoms with van der Waals surface area (Å²) in [5.41, 5.74) is 7.52. The van der Waals surface area contributed by atoms with Crippen molar-refractivity contribution < 1.29 is 9.84 Å². The van der Waals surface area contributed by atoms with Gasteiger partial charge in [-0.3, -0.25) is 0 Å². The standard InChI is InChI=1S/C16H25NO2/c1-12-6-7-15(14(10-12)13(2)17)19-11-16(18)8-4-3-5-9-16/h6-7,10,13,18H,3-5,8-9,11,17H2,1-2H3/t13-/m1/s1. The van der Waals surface area contributed by atoms with E-state index >= 15 is 0 Å². The van der Waals surface area contributed by atoms with Crippen LogP contribution in [0.1, 0.15) is 56.2 Å².